The molecule has 0 saturated heterocycles. The Morgan fingerprint density at radius 2 is 2.03 bits per heavy atom. The molecule has 1 amide bonds. The van der Waals surface area contributed by atoms with Crippen molar-refractivity contribution in [1.82, 2.24) is 9.97 Å². The van der Waals surface area contributed by atoms with Crippen LogP contribution in [0.3, 0.4) is 0 Å². The average molecular weight is 404 g/mol. The highest BCUT2D eigenvalue weighted by Gasteiger charge is 2.23. The highest BCUT2D eigenvalue weighted by Crippen LogP contribution is 2.37. The van der Waals surface area contributed by atoms with E-state index in [2.05, 4.69) is 26.7 Å². The van der Waals surface area contributed by atoms with E-state index in [1.165, 1.54) is 17.6 Å². The van der Waals surface area contributed by atoms with Crippen LogP contribution in [0, 0.1) is 13.8 Å². The van der Waals surface area contributed by atoms with Crippen LogP contribution in [-0.4, -0.2) is 15.9 Å². The SMILES string of the molecule is Cc1ccnc(NC(c2cccnc2)c2cc(C)sc2NC(=O)c2ccco2)c1. The van der Waals surface area contributed by atoms with Crippen LogP contribution in [0.1, 0.15) is 38.2 Å². The van der Waals surface area contributed by atoms with Gasteiger partial charge in [-0.05, 0) is 61.4 Å². The van der Waals surface area contributed by atoms with Gasteiger partial charge in [0, 0.05) is 29.0 Å². The minimum absolute atomic E-state index is 0.227. The number of hydrogen-bond donors (Lipinski definition) is 2. The Balaban J connectivity index is 1.72. The number of anilines is 2. The summed E-state index contributed by atoms with van der Waals surface area (Å²) in [6.07, 6.45) is 6.82. The molecule has 6 nitrogen and oxygen atoms in total. The van der Waals surface area contributed by atoms with Crippen molar-refractivity contribution >= 4 is 28.1 Å². The van der Waals surface area contributed by atoms with Crippen molar-refractivity contribution in [1.29, 1.82) is 0 Å². The van der Waals surface area contributed by atoms with Crippen LogP contribution in [0.2, 0.25) is 0 Å². The van der Waals surface area contributed by atoms with Gasteiger partial charge in [-0.15, -0.1) is 11.3 Å². The van der Waals surface area contributed by atoms with Crippen molar-refractivity contribution in [3.63, 3.8) is 0 Å². The van der Waals surface area contributed by atoms with E-state index in [9.17, 15) is 4.79 Å². The topological polar surface area (TPSA) is 80.0 Å². The second-order valence-electron chi connectivity index (χ2n) is 6.66. The average Bonchev–Trinajstić information content (AvgIpc) is 3.37. The maximum Gasteiger partial charge on any atom is 0.291 e. The Morgan fingerprint density at radius 1 is 1.14 bits per heavy atom. The van der Waals surface area contributed by atoms with Gasteiger partial charge in [0.25, 0.3) is 5.91 Å². The molecule has 0 fully saturated rings. The van der Waals surface area contributed by atoms with Gasteiger partial charge in [-0.2, -0.15) is 0 Å². The molecule has 1 atom stereocenters. The molecule has 4 aromatic rings. The van der Waals surface area contributed by atoms with Crippen LogP contribution in [0.25, 0.3) is 0 Å². The molecule has 1 unspecified atom stereocenters. The summed E-state index contributed by atoms with van der Waals surface area (Å²) in [5.41, 5.74) is 3.03. The van der Waals surface area contributed by atoms with E-state index in [0.29, 0.717) is 0 Å². The van der Waals surface area contributed by atoms with Gasteiger partial charge in [0.05, 0.1) is 12.3 Å². The summed E-state index contributed by atoms with van der Waals surface area (Å²) in [6, 6.07) is 13.0. The third-order valence-electron chi connectivity index (χ3n) is 4.39. The van der Waals surface area contributed by atoms with E-state index in [-0.39, 0.29) is 17.7 Å². The monoisotopic (exact) mass is 404 g/mol. The zero-order valence-electron chi connectivity index (χ0n) is 16.0. The Hall–Kier alpha value is -3.45. The number of pyridine rings is 2. The standard InChI is InChI=1S/C22H20N4O2S/c1-14-7-9-24-19(11-14)25-20(16-5-3-8-23-13-16)17-12-15(2)29-22(17)26-21(27)18-6-4-10-28-18/h3-13,20H,1-2H3,(H,24,25)(H,26,27). The molecule has 0 aliphatic heterocycles. The molecule has 0 spiro atoms. The molecule has 4 heterocycles. The number of nitrogens with zero attached hydrogens (tertiary/aromatic N) is 2. The summed E-state index contributed by atoms with van der Waals surface area (Å²) in [7, 11) is 0. The van der Waals surface area contributed by atoms with Crippen molar-refractivity contribution in [3.05, 3.63) is 94.6 Å². The number of rotatable bonds is 6. The van der Waals surface area contributed by atoms with Crippen LogP contribution in [0.5, 0.6) is 0 Å². The number of amides is 1. The molecule has 0 bridgehead atoms. The van der Waals surface area contributed by atoms with Crippen molar-refractivity contribution in [3.8, 4) is 0 Å². The smallest absolute Gasteiger partial charge is 0.291 e. The first-order valence-corrected chi connectivity index (χ1v) is 9.96. The number of carbonyl (C=O) groups excluding carboxylic acids is 1. The Labute approximate surface area is 172 Å². The van der Waals surface area contributed by atoms with Gasteiger partial charge in [0.1, 0.15) is 10.8 Å². The van der Waals surface area contributed by atoms with Crippen LogP contribution < -0.4 is 10.6 Å². The lowest BCUT2D eigenvalue weighted by Crippen LogP contribution is -2.17. The second kappa shape index (κ2) is 8.28. The van der Waals surface area contributed by atoms with Gasteiger partial charge >= 0.3 is 0 Å². The fourth-order valence-electron chi connectivity index (χ4n) is 3.07. The Morgan fingerprint density at radius 3 is 2.76 bits per heavy atom. The first kappa shape index (κ1) is 18.9. The summed E-state index contributed by atoms with van der Waals surface area (Å²) >= 11 is 1.52. The first-order chi connectivity index (χ1) is 14.1. The van der Waals surface area contributed by atoms with E-state index >= 15 is 0 Å². The minimum Gasteiger partial charge on any atom is -0.459 e. The summed E-state index contributed by atoms with van der Waals surface area (Å²) in [5.74, 6) is 0.746. The summed E-state index contributed by atoms with van der Waals surface area (Å²) in [6.45, 7) is 4.04. The maximum absolute atomic E-state index is 12.6. The van der Waals surface area contributed by atoms with Crippen LogP contribution in [0.4, 0.5) is 10.8 Å². The predicted octanol–water partition coefficient (Wildman–Crippen LogP) is 5.20. The Bertz CT molecular complexity index is 1110. The number of aromatic nitrogens is 2. The normalized spacial score (nSPS) is 11.8. The second-order valence-corrected chi connectivity index (χ2v) is 7.91. The molecular formula is C22H20N4O2S. The van der Waals surface area contributed by atoms with Crippen molar-refractivity contribution in [2.24, 2.45) is 0 Å². The van der Waals surface area contributed by atoms with Gasteiger partial charge in [-0.25, -0.2) is 4.98 Å². The van der Waals surface area contributed by atoms with Crippen molar-refractivity contribution < 1.29 is 9.21 Å². The molecule has 0 aliphatic rings. The number of furan rings is 1. The quantitative estimate of drug-likeness (QED) is 0.462. The zero-order valence-corrected chi connectivity index (χ0v) is 16.9. The van der Waals surface area contributed by atoms with E-state index in [1.54, 1.807) is 24.5 Å². The van der Waals surface area contributed by atoms with Gasteiger partial charge in [0.15, 0.2) is 5.76 Å². The number of aryl methyl sites for hydroxylation is 2. The summed E-state index contributed by atoms with van der Waals surface area (Å²) in [5, 5.41) is 7.24. The Kier molecular flexibility index (Phi) is 5.39. The maximum atomic E-state index is 12.6. The number of nitrogens with one attached hydrogen (secondary N) is 2. The lowest BCUT2D eigenvalue weighted by atomic mass is 10.0. The molecule has 0 aromatic carbocycles. The van der Waals surface area contributed by atoms with Crippen molar-refractivity contribution in [2.75, 3.05) is 10.6 Å². The van der Waals surface area contributed by atoms with Crippen LogP contribution >= 0.6 is 11.3 Å². The fourth-order valence-corrected chi connectivity index (χ4v) is 4.02. The summed E-state index contributed by atoms with van der Waals surface area (Å²) < 4.78 is 5.23. The van der Waals surface area contributed by atoms with Crippen molar-refractivity contribution in [2.45, 2.75) is 19.9 Å². The molecule has 7 heteroatoms. The third-order valence-corrected chi connectivity index (χ3v) is 5.37. The van der Waals surface area contributed by atoms with Gasteiger partial charge in [-0.3, -0.25) is 9.78 Å². The van der Waals surface area contributed by atoms with E-state index < -0.39 is 0 Å². The van der Waals surface area contributed by atoms with E-state index in [1.807, 2.05) is 44.3 Å². The molecule has 2 N–H and O–H groups in total. The number of hydrogen-bond acceptors (Lipinski definition) is 6. The number of thiophene rings is 1. The molecular weight excluding hydrogens is 384 g/mol. The molecule has 29 heavy (non-hydrogen) atoms. The van der Waals surface area contributed by atoms with Crippen LogP contribution in [-0.2, 0) is 0 Å². The van der Waals surface area contributed by atoms with Gasteiger partial charge in [0.2, 0.25) is 0 Å². The number of carbonyl (C=O) groups is 1. The zero-order chi connectivity index (χ0) is 20.2. The molecule has 0 radical (unpaired) electrons. The minimum atomic E-state index is -0.281. The highest BCUT2D eigenvalue weighted by atomic mass is 32.1. The lowest BCUT2D eigenvalue weighted by molar-refractivity contribution is 0.0997. The summed E-state index contributed by atoms with van der Waals surface area (Å²) in [4.78, 5) is 22.3. The predicted molar refractivity (Wildman–Crippen MR) is 114 cm³/mol. The third kappa shape index (κ3) is 4.35. The molecule has 146 valence electrons. The first-order valence-electron chi connectivity index (χ1n) is 9.14. The lowest BCUT2D eigenvalue weighted by Gasteiger charge is -2.20. The molecule has 4 rings (SSSR count). The largest absolute Gasteiger partial charge is 0.459 e. The molecule has 0 aliphatic carbocycles. The fraction of sp³-hybridized carbons (Fsp3) is 0.136. The molecule has 4 aromatic heterocycles. The van der Waals surface area contributed by atoms with Gasteiger partial charge in [-0.1, -0.05) is 6.07 Å². The van der Waals surface area contributed by atoms with E-state index in [0.717, 1.165) is 32.4 Å². The highest BCUT2D eigenvalue weighted by molar-refractivity contribution is 7.16. The van der Waals surface area contributed by atoms with Gasteiger partial charge < -0.3 is 15.1 Å². The molecule has 0 saturated carbocycles. The van der Waals surface area contributed by atoms with E-state index in [4.69, 9.17) is 4.42 Å². The van der Waals surface area contributed by atoms with Crippen LogP contribution in [0.15, 0.2) is 71.7 Å².